The van der Waals surface area contributed by atoms with Gasteiger partial charge in [-0.05, 0) is 48.9 Å². The van der Waals surface area contributed by atoms with Crippen molar-refractivity contribution in [3.05, 3.63) is 70.8 Å². The van der Waals surface area contributed by atoms with E-state index in [1.165, 1.54) is 23.2 Å². The number of hydroxylamine groups is 1. The third kappa shape index (κ3) is 7.58. The van der Waals surface area contributed by atoms with Crippen molar-refractivity contribution in [1.82, 2.24) is 21.0 Å². The summed E-state index contributed by atoms with van der Waals surface area (Å²) in [7, 11) is 0. The van der Waals surface area contributed by atoms with Crippen LogP contribution in [-0.4, -0.2) is 72.1 Å². The van der Waals surface area contributed by atoms with E-state index in [0.717, 1.165) is 52.3 Å². The summed E-state index contributed by atoms with van der Waals surface area (Å²) in [5.74, 6) is 3.05. The Bertz CT molecular complexity index is 1190. The van der Waals surface area contributed by atoms with Crippen LogP contribution in [0.1, 0.15) is 40.9 Å². The molecule has 1 aliphatic rings. The molecule has 1 fully saturated rings. The number of nitrogens with one attached hydrogen (secondary N) is 3. The zero-order valence-electron chi connectivity index (χ0n) is 21.1. The molecule has 202 valence electrons. The minimum absolute atomic E-state index is 0.0678. The number of morpholine rings is 1. The van der Waals surface area contributed by atoms with Gasteiger partial charge in [0.05, 0.1) is 13.2 Å². The average molecular weight is 529 g/mol. The molecule has 0 spiro atoms. The van der Waals surface area contributed by atoms with Crippen LogP contribution in [0.4, 0.5) is 8.78 Å². The third-order valence-corrected chi connectivity index (χ3v) is 6.11. The van der Waals surface area contributed by atoms with Gasteiger partial charge in [-0.1, -0.05) is 24.0 Å². The van der Waals surface area contributed by atoms with Gasteiger partial charge in [0.2, 0.25) is 5.91 Å². The zero-order valence-corrected chi connectivity index (χ0v) is 21.1. The van der Waals surface area contributed by atoms with Crippen molar-refractivity contribution in [3.8, 4) is 11.8 Å². The maximum atomic E-state index is 13.8. The number of halogens is 2. The number of ether oxygens (including phenoxy) is 1. The van der Waals surface area contributed by atoms with Crippen LogP contribution >= 0.6 is 0 Å². The lowest BCUT2D eigenvalue weighted by atomic mass is 9.91. The molecule has 1 saturated heterocycles. The molecule has 1 heterocycles. The molecule has 0 bridgehead atoms. The molecule has 0 aromatic heterocycles. The Morgan fingerprint density at radius 2 is 1.58 bits per heavy atom. The molecule has 38 heavy (non-hydrogen) atoms. The topological polar surface area (TPSA) is 120 Å². The average Bonchev–Trinajstić information content (AvgIpc) is 2.91. The second-order valence-corrected chi connectivity index (χ2v) is 9.06. The van der Waals surface area contributed by atoms with Crippen LogP contribution in [0, 0.1) is 11.8 Å². The van der Waals surface area contributed by atoms with Gasteiger partial charge in [0, 0.05) is 43.2 Å². The Labute approximate surface area is 219 Å². The second-order valence-electron chi connectivity index (χ2n) is 9.06. The first-order valence-electron chi connectivity index (χ1n) is 11.9. The van der Waals surface area contributed by atoms with Crippen LogP contribution in [0.25, 0.3) is 0 Å². The number of carbonyl (C=O) groups is 3. The maximum Gasteiger partial charge on any atom is 0.268 e. The van der Waals surface area contributed by atoms with Crippen LogP contribution in [0.15, 0.2) is 48.5 Å². The highest BCUT2D eigenvalue weighted by Crippen LogP contribution is 2.21. The van der Waals surface area contributed by atoms with Crippen LogP contribution in [0.5, 0.6) is 0 Å². The lowest BCUT2D eigenvalue weighted by molar-refractivity contribution is -0.137. The monoisotopic (exact) mass is 528 g/mol. The number of benzene rings is 2. The van der Waals surface area contributed by atoms with Crippen LogP contribution in [-0.2, 0) is 20.9 Å². The quantitative estimate of drug-likeness (QED) is 0.235. The molecule has 2 aromatic rings. The number of nitrogens with zero attached hydrogens (tertiary/aromatic N) is 1. The number of hydrogen-bond donors (Lipinski definition) is 4. The van der Waals surface area contributed by atoms with Crippen molar-refractivity contribution < 1.29 is 33.1 Å². The summed E-state index contributed by atoms with van der Waals surface area (Å²) in [4.78, 5) is 38.6. The summed E-state index contributed by atoms with van der Waals surface area (Å²) in [6, 6.07) is 12.0. The van der Waals surface area contributed by atoms with Gasteiger partial charge in [0.25, 0.3) is 18.2 Å². The van der Waals surface area contributed by atoms with Crippen molar-refractivity contribution >= 4 is 17.7 Å². The zero-order chi connectivity index (χ0) is 27.7. The molecule has 2 aromatic carbocycles. The smallest absolute Gasteiger partial charge is 0.268 e. The van der Waals surface area contributed by atoms with Crippen molar-refractivity contribution in [3.63, 3.8) is 0 Å². The van der Waals surface area contributed by atoms with Gasteiger partial charge in [-0.3, -0.25) is 24.5 Å². The highest BCUT2D eigenvalue weighted by Gasteiger charge is 2.48. The molecule has 0 aliphatic carbocycles. The Morgan fingerprint density at radius 1 is 1.03 bits per heavy atom. The summed E-state index contributed by atoms with van der Waals surface area (Å²) >= 11 is 0. The van der Waals surface area contributed by atoms with Crippen molar-refractivity contribution in [1.29, 1.82) is 0 Å². The molecular weight excluding hydrogens is 498 g/mol. The van der Waals surface area contributed by atoms with E-state index in [9.17, 15) is 23.2 Å². The fourth-order valence-corrected chi connectivity index (χ4v) is 3.96. The SMILES string of the molecule is CC(=O)NC(C)(C(F)F)C(NC(=O)c1ccc(C#Cc2ccc(CN3CCOCC3)cc2)cc1)C(=O)NO. The lowest BCUT2D eigenvalue weighted by Gasteiger charge is -2.36. The van der Waals surface area contributed by atoms with Gasteiger partial charge in [0.15, 0.2) is 0 Å². The van der Waals surface area contributed by atoms with Gasteiger partial charge >= 0.3 is 0 Å². The number of hydrogen-bond acceptors (Lipinski definition) is 6. The number of amides is 3. The van der Waals surface area contributed by atoms with Gasteiger partial charge in [-0.15, -0.1) is 0 Å². The van der Waals surface area contributed by atoms with E-state index in [-0.39, 0.29) is 5.56 Å². The number of carbonyl (C=O) groups excluding carboxylic acids is 3. The standard InChI is InChI=1S/C27H30F2N4O5/c1-18(34)31-27(2,26(28)29)23(25(36)32-37)30-24(35)22-11-9-20(10-12-22)4-3-19-5-7-21(8-6-19)17-33-13-15-38-16-14-33/h5-12,23,26,37H,13-17H2,1-2H3,(H,30,35)(H,31,34)(H,32,36). The van der Waals surface area contributed by atoms with Gasteiger partial charge in [-0.2, -0.15) is 0 Å². The molecule has 2 atom stereocenters. The maximum absolute atomic E-state index is 13.8. The van der Waals surface area contributed by atoms with Crippen LogP contribution in [0.3, 0.4) is 0 Å². The summed E-state index contributed by atoms with van der Waals surface area (Å²) in [5.41, 5.74) is 1.46. The summed E-state index contributed by atoms with van der Waals surface area (Å²) in [6.07, 6.45) is -3.24. The Balaban J connectivity index is 1.67. The molecule has 11 heteroatoms. The lowest BCUT2D eigenvalue weighted by Crippen LogP contribution is -2.68. The minimum atomic E-state index is -3.24. The van der Waals surface area contributed by atoms with E-state index in [0.29, 0.717) is 5.56 Å². The molecule has 0 saturated carbocycles. The normalized spacial score (nSPS) is 15.9. The summed E-state index contributed by atoms with van der Waals surface area (Å²) in [6.45, 7) is 6.05. The molecule has 3 amide bonds. The Kier molecular flexibility index (Phi) is 9.90. The van der Waals surface area contributed by atoms with Crippen molar-refractivity contribution in [2.75, 3.05) is 26.3 Å². The molecule has 0 radical (unpaired) electrons. The Morgan fingerprint density at radius 3 is 2.08 bits per heavy atom. The first kappa shape index (κ1) is 28.7. The molecule has 2 unspecified atom stereocenters. The highest BCUT2D eigenvalue weighted by molar-refractivity contribution is 5.98. The van der Waals surface area contributed by atoms with Gasteiger partial charge < -0.3 is 15.4 Å². The molecule has 1 aliphatic heterocycles. The van der Waals surface area contributed by atoms with E-state index in [4.69, 9.17) is 9.94 Å². The van der Waals surface area contributed by atoms with Gasteiger partial charge in [0.1, 0.15) is 11.6 Å². The van der Waals surface area contributed by atoms with E-state index in [1.54, 1.807) is 12.1 Å². The predicted octanol–water partition coefficient (Wildman–Crippen LogP) is 1.68. The number of alkyl halides is 2. The first-order chi connectivity index (χ1) is 18.1. The fraction of sp³-hybridized carbons (Fsp3) is 0.370. The highest BCUT2D eigenvalue weighted by atomic mass is 19.3. The molecule has 9 nitrogen and oxygen atoms in total. The van der Waals surface area contributed by atoms with Gasteiger partial charge in [-0.25, -0.2) is 14.3 Å². The van der Waals surface area contributed by atoms with E-state index in [1.807, 2.05) is 29.6 Å². The molecule has 3 rings (SSSR count). The molecular formula is C27H30F2N4O5. The first-order valence-corrected chi connectivity index (χ1v) is 11.9. The largest absolute Gasteiger partial charge is 0.379 e. The minimum Gasteiger partial charge on any atom is -0.379 e. The van der Waals surface area contributed by atoms with E-state index >= 15 is 0 Å². The van der Waals surface area contributed by atoms with Crippen molar-refractivity contribution in [2.24, 2.45) is 0 Å². The predicted molar refractivity (Wildman–Crippen MR) is 134 cm³/mol. The van der Waals surface area contributed by atoms with E-state index < -0.39 is 35.7 Å². The fourth-order valence-electron chi connectivity index (χ4n) is 3.96. The van der Waals surface area contributed by atoms with Crippen molar-refractivity contribution in [2.45, 2.75) is 38.4 Å². The Hall–Kier alpha value is -3.85. The summed E-state index contributed by atoms with van der Waals surface area (Å²) < 4.78 is 33.0. The van der Waals surface area contributed by atoms with E-state index in [2.05, 4.69) is 22.1 Å². The number of rotatable bonds is 8. The van der Waals surface area contributed by atoms with Crippen LogP contribution in [0.2, 0.25) is 0 Å². The summed E-state index contributed by atoms with van der Waals surface area (Å²) in [5, 5.41) is 13.2. The second kappa shape index (κ2) is 13.1. The molecule has 4 N–H and O–H groups in total. The third-order valence-electron chi connectivity index (χ3n) is 6.11. The van der Waals surface area contributed by atoms with Crippen LogP contribution < -0.4 is 16.1 Å².